The summed E-state index contributed by atoms with van der Waals surface area (Å²) >= 11 is 3.03. The monoisotopic (exact) mass is 965 g/mol. The second-order valence-electron chi connectivity index (χ2n) is 18.1. The van der Waals surface area contributed by atoms with Crippen LogP contribution in [0.5, 0.6) is 23.0 Å². The number of amides is 3. The lowest BCUT2D eigenvalue weighted by Crippen LogP contribution is -2.58. The minimum atomic E-state index is -0.963. The lowest BCUT2D eigenvalue weighted by molar-refractivity contribution is -0.144. The van der Waals surface area contributed by atoms with Crippen molar-refractivity contribution in [3.05, 3.63) is 114 Å². The highest BCUT2D eigenvalue weighted by Gasteiger charge is 2.44. The molecule has 0 aliphatic carbocycles. The van der Waals surface area contributed by atoms with E-state index < -0.39 is 35.4 Å². The Morgan fingerprint density at radius 1 is 0.897 bits per heavy atom. The fourth-order valence-corrected chi connectivity index (χ4v) is 10.2. The van der Waals surface area contributed by atoms with E-state index in [2.05, 4.69) is 20.5 Å². The van der Waals surface area contributed by atoms with Gasteiger partial charge in [-0.3, -0.25) is 19.3 Å². The number of benzene rings is 4. The number of aromatic nitrogens is 1. The number of carbonyl (C=O) groups excluding carboxylic acids is 3. The van der Waals surface area contributed by atoms with Crippen LogP contribution in [-0.4, -0.2) is 120 Å². The maximum Gasteiger partial charge on any atom is 0.246 e. The molecule has 3 amide bonds. The predicted molar refractivity (Wildman–Crippen MR) is 260 cm³/mol. The average molecular weight is 966 g/mol. The predicted octanol–water partition coefficient (Wildman–Crippen LogP) is 7.54. The van der Waals surface area contributed by atoms with Gasteiger partial charge in [0.15, 0.2) is 5.75 Å². The molecule has 68 heavy (non-hydrogen) atoms. The van der Waals surface area contributed by atoms with Crippen LogP contribution >= 0.6 is 22.7 Å². The Bertz CT molecular complexity index is 2680. The average Bonchev–Trinajstić information content (AvgIpc) is 4.02. The number of β-amino-alcohol motifs (C(OH)–C–C–N with tert-alkyl or cyclic N) is 1. The number of aryl methyl sites for hydroxylation is 1. The number of aliphatic hydroxyl groups excluding tert-OH is 1. The largest absolute Gasteiger partial charge is 0.508 e. The molecule has 2 aromatic heterocycles. The van der Waals surface area contributed by atoms with Gasteiger partial charge in [-0.15, -0.1) is 22.7 Å². The summed E-state index contributed by atoms with van der Waals surface area (Å²) in [6.07, 6.45) is -0.744. The van der Waals surface area contributed by atoms with Crippen LogP contribution in [0.15, 0.2) is 96.5 Å². The van der Waals surface area contributed by atoms with Crippen molar-refractivity contribution in [2.45, 2.75) is 65.0 Å². The summed E-state index contributed by atoms with van der Waals surface area (Å²) < 4.78 is 38.5. The van der Waals surface area contributed by atoms with E-state index >= 15 is 0 Å². The number of hydrogen-bond donors (Lipinski definition) is 4. The molecule has 14 nitrogen and oxygen atoms in total. The summed E-state index contributed by atoms with van der Waals surface area (Å²) in [7, 11) is 0. The molecule has 8 rings (SSSR count). The number of ether oxygens (including phenoxy) is 4. The number of nitrogens with one attached hydrogen (secondary N) is 2. The van der Waals surface area contributed by atoms with Gasteiger partial charge in [0.25, 0.3) is 0 Å². The molecule has 0 bridgehead atoms. The molecule has 2 aliphatic rings. The molecule has 0 unspecified atom stereocenters. The third kappa shape index (κ3) is 12.0. The van der Waals surface area contributed by atoms with Crippen molar-refractivity contribution in [1.29, 1.82) is 0 Å². The van der Waals surface area contributed by atoms with E-state index in [9.17, 15) is 29.0 Å². The first-order valence-corrected chi connectivity index (χ1v) is 24.3. The van der Waals surface area contributed by atoms with E-state index in [0.717, 1.165) is 55.3 Å². The molecular formula is C51H56FN5O9S2. The first-order chi connectivity index (χ1) is 32.7. The fourth-order valence-electron chi connectivity index (χ4n) is 8.20. The molecule has 0 saturated carbocycles. The number of thiophene rings is 1. The summed E-state index contributed by atoms with van der Waals surface area (Å²) in [5.74, 6) is 0.489. The number of phenolic OH excluding ortho intramolecular Hbond substituents is 1. The number of phenols is 1. The van der Waals surface area contributed by atoms with Gasteiger partial charge in [-0.05, 0) is 83.6 Å². The van der Waals surface area contributed by atoms with Gasteiger partial charge in [-0.25, -0.2) is 9.37 Å². The van der Waals surface area contributed by atoms with Gasteiger partial charge >= 0.3 is 0 Å². The summed E-state index contributed by atoms with van der Waals surface area (Å²) in [4.78, 5) is 50.3. The van der Waals surface area contributed by atoms with Crippen molar-refractivity contribution in [3.63, 3.8) is 0 Å². The van der Waals surface area contributed by atoms with Gasteiger partial charge < -0.3 is 44.7 Å². The molecule has 2 aliphatic heterocycles. The number of rotatable bonds is 19. The van der Waals surface area contributed by atoms with E-state index in [-0.39, 0.29) is 56.3 Å². The summed E-state index contributed by atoms with van der Waals surface area (Å²) in [6.45, 7) is 10.6. The normalized spacial score (nSPS) is 16.9. The number of thiazole rings is 1. The zero-order chi connectivity index (χ0) is 48.0. The summed E-state index contributed by atoms with van der Waals surface area (Å²) in [6, 6.07) is 24.8. The van der Waals surface area contributed by atoms with Crippen LogP contribution in [0.25, 0.3) is 31.0 Å². The highest BCUT2D eigenvalue weighted by molar-refractivity contribution is 7.22. The van der Waals surface area contributed by atoms with Crippen molar-refractivity contribution in [2.75, 3.05) is 52.6 Å². The van der Waals surface area contributed by atoms with Crippen LogP contribution in [-0.2, 0) is 30.4 Å². The maximum absolute atomic E-state index is 14.0. The smallest absolute Gasteiger partial charge is 0.246 e. The molecule has 17 heteroatoms. The zero-order valence-electron chi connectivity index (χ0n) is 38.4. The standard InChI is InChI=1S/C51H56FN5O9S2/c1-31-46(67-30-54-31)33-7-5-32(6-8-33)25-53-49(61)42-23-37(59)26-57(42)50(62)48(51(2,3)4)55-44(60)29-63-21-22-65-40-27-56(28-40)19-20-64-38-14-16-39(17-15-38)66-45-41-18-13-36(58)24-43(41)68-47(45)34-9-11-35(52)12-10-34/h5-18,24,30,37,40,42,48,58-59H,19-23,25-29H2,1-4H3,(H,53,61)(H,55,60)/t37-,42+,48-/m1/s1. The Morgan fingerprint density at radius 2 is 1.60 bits per heavy atom. The van der Waals surface area contributed by atoms with Gasteiger partial charge in [-0.1, -0.05) is 57.2 Å². The zero-order valence-corrected chi connectivity index (χ0v) is 40.0. The van der Waals surface area contributed by atoms with Gasteiger partial charge in [-0.2, -0.15) is 0 Å². The Labute approximate surface area is 402 Å². The van der Waals surface area contributed by atoms with Gasteiger partial charge in [0.05, 0.1) is 46.4 Å². The van der Waals surface area contributed by atoms with Crippen molar-refractivity contribution in [3.8, 4) is 43.9 Å². The molecule has 4 heterocycles. The van der Waals surface area contributed by atoms with Crippen molar-refractivity contribution >= 4 is 50.5 Å². The Morgan fingerprint density at radius 3 is 2.31 bits per heavy atom. The number of fused-ring (bicyclic) bond motifs is 1. The van der Waals surface area contributed by atoms with E-state index in [4.69, 9.17) is 18.9 Å². The molecular weight excluding hydrogens is 910 g/mol. The van der Waals surface area contributed by atoms with E-state index in [1.807, 2.05) is 87.8 Å². The molecule has 6 aromatic rings. The highest BCUT2D eigenvalue weighted by atomic mass is 32.1. The first-order valence-electron chi connectivity index (χ1n) is 22.6. The Hall–Kier alpha value is -5.95. The van der Waals surface area contributed by atoms with Crippen molar-refractivity contribution in [1.82, 2.24) is 25.4 Å². The molecule has 0 spiro atoms. The Balaban J connectivity index is 0.720. The molecule has 3 atom stereocenters. The van der Waals surface area contributed by atoms with Crippen LogP contribution in [0, 0.1) is 18.2 Å². The van der Waals surface area contributed by atoms with E-state index in [1.54, 1.807) is 35.6 Å². The Kier molecular flexibility index (Phi) is 15.4. The number of aliphatic hydroxyl groups is 1. The minimum Gasteiger partial charge on any atom is -0.508 e. The molecule has 4 N–H and O–H groups in total. The first kappa shape index (κ1) is 48.5. The molecule has 358 valence electrons. The fraction of sp³-hybridized carbons (Fsp3) is 0.373. The van der Waals surface area contributed by atoms with Crippen LogP contribution in [0.3, 0.4) is 0 Å². The molecule has 2 fully saturated rings. The van der Waals surface area contributed by atoms with E-state index in [0.29, 0.717) is 37.0 Å². The van der Waals surface area contributed by atoms with Gasteiger partial charge in [0.2, 0.25) is 17.7 Å². The van der Waals surface area contributed by atoms with Gasteiger partial charge in [0, 0.05) is 49.2 Å². The molecule has 4 aromatic carbocycles. The number of hydrogen-bond acceptors (Lipinski definition) is 13. The topological polar surface area (TPSA) is 172 Å². The highest BCUT2D eigenvalue weighted by Crippen LogP contribution is 2.47. The number of nitrogens with zero attached hydrogens (tertiary/aromatic N) is 3. The van der Waals surface area contributed by atoms with Crippen LogP contribution in [0.4, 0.5) is 4.39 Å². The second-order valence-corrected chi connectivity index (χ2v) is 20.0. The second kappa shape index (κ2) is 21.6. The lowest BCUT2D eigenvalue weighted by atomic mass is 9.85. The molecule has 0 radical (unpaired) electrons. The summed E-state index contributed by atoms with van der Waals surface area (Å²) in [5.41, 5.74) is 4.83. The van der Waals surface area contributed by atoms with Crippen LogP contribution in [0.2, 0.25) is 0 Å². The lowest BCUT2D eigenvalue weighted by Gasteiger charge is -2.38. The minimum absolute atomic E-state index is 0.0157. The number of aromatic hydroxyl groups is 1. The SMILES string of the molecule is Cc1ncsc1-c1ccc(CNC(=O)[C@@H]2C[C@@H](O)CN2C(=O)[C@@H](NC(=O)COCCOC2CN(CCOc3ccc(Oc4c(-c5ccc(F)cc5)sc5cc(O)ccc45)cc3)C2)C(C)(C)C)cc1. The van der Waals surface area contributed by atoms with Crippen molar-refractivity contribution < 1.29 is 47.9 Å². The van der Waals surface area contributed by atoms with Crippen molar-refractivity contribution in [2.24, 2.45) is 5.41 Å². The number of likely N-dealkylation sites (tertiary alicyclic amines) is 2. The number of halogens is 1. The number of carbonyl (C=O) groups is 3. The quantitative estimate of drug-likeness (QED) is 0.0592. The maximum atomic E-state index is 14.0. The van der Waals surface area contributed by atoms with Gasteiger partial charge in [0.1, 0.15) is 48.4 Å². The van der Waals surface area contributed by atoms with Crippen LogP contribution in [0.1, 0.15) is 38.4 Å². The van der Waals surface area contributed by atoms with E-state index in [1.165, 1.54) is 28.4 Å². The third-order valence-electron chi connectivity index (χ3n) is 11.9. The summed E-state index contributed by atoms with van der Waals surface area (Å²) in [5, 5.41) is 27.2. The van der Waals surface area contributed by atoms with Crippen LogP contribution < -0.4 is 20.1 Å². The third-order valence-corrected chi connectivity index (χ3v) is 14.1. The molecule has 2 saturated heterocycles.